The number of nitrogens with one attached hydrogen (secondary N) is 1. The summed E-state index contributed by atoms with van der Waals surface area (Å²) >= 11 is 6.00. The fourth-order valence-electron chi connectivity index (χ4n) is 2.38. The average molecular weight is 384 g/mol. The highest BCUT2D eigenvalue weighted by atomic mass is 35.5. The Morgan fingerprint density at radius 2 is 1.80 bits per heavy atom. The molecule has 1 atom stereocenters. The molecular weight excluding hydrogens is 362 g/mol. The minimum absolute atomic E-state index is 0.0915. The third-order valence-corrected chi connectivity index (χ3v) is 5.36. The monoisotopic (exact) mass is 383 g/mol. The van der Waals surface area contributed by atoms with Crippen molar-refractivity contribution in [2.45, 2.75) is 24.7 Å². The molecule has 5 nitrogen and oxygen atoms in total. The summed E-state index contributed by atoms with van der Waals surface area (Å²) in [5, 5.41) is 10.9. The van der Waals surface area contributed by atoms with Gasteiger partial charge in [0.1, 0.15) is 5.75 Å². The molecular formula is C18H22ClNO4S. The Morgan fingerprint density at radius 1 is 1.16 bits per heavy atom. The van der Waals surface area contributed by atoms with Gasteiger partial charge in [0.25, 0.3) is 0 Å². The largest absolute Gasteiger partial charge is 0.497 e. The Balaban J connectivity index is 1.96. The zero-order valence-corrected chi connectivity index (χ0v) is 15.8. The fourth-order valence-corrected chi connectivity index (χ4v) is 3.96. The maximum Gasteiger partial charge on any atom is 0.215 e. The van der Waals surface area contributed by atoms with Crippen LogP contribution in [0.2, 0.25) is 5.02 Å². The van der Waals surface area contributed by atoms with Crippen molar-refractivity contribution in [2.24, 2.45) is 0 Å². The molecule has 0 unspecified atom stereocenters. The Morgan fingerprint density at radius 3 is 2.40 bits per heavy atom. The summed E-state index contributed by atoms with van der Waals surface area (Å²) < 4.78 is 32.0. The Bertz CT molecular complexity index is 804. The van der Waals surface area contributed by atoms with Crippen LogP contribution in [0, 0.1) is 0 Å². The summed E-state index contributed by atoms with van der Waals surface area (Å²) in [5.74, 6) is 0.495. The van der Waals surface area contributed by atoms with Gasteiger partial charge in [-0.3, -0.25) is 0 Å². The molecule has 2 aromatic carbocycles. The summed E-state index contributed by atoms with van der Waals surface area (Å²) in [7, 11) is -2.03. The molecule has 0 fully saturated rings. The van der Waals surface area contributed by atoms with E-state index in [0.29, 0.717) is 17.0 Å². The lowest BCUT2D eigenvalue weighted by atomic mass is 9.97. The number of benzene rings is 2. The van der Waals surface area contributed by atoms with Crippen molar-refractivity contribution in [1.29, 1.82) is 0 Å². The van der Waals surface area contributed by atoms with Gasteiger partial charge in [0, 0.05) is 18.0 Å². The molecule has 0 saturated carbocycles. The first-order valence-corrected chi connectivity index (χ1v) is 9.80. The molecule has 0 aliphatic rings. The number of halogens is 1. The van der Waals surface area contributed by atoms with Crippen molar-refractivity contribution in [2.75, 3.05) is 13.7 Å². The van der Waals surface area contributed by atoms with E-state index in [1.807, 2.05) is 12.1 Å². The van der Waals surface area contributed by atoms with E-state index in [-0.39, 0.29) is 12.3 Å². The zero-order chi connectivity index (χ0) is 18.5. The maximum absolute atomic E-state index is 12.2. The summed E-state index contributed by atoms with van der Waals surface area (Å²) in [4.78, 5) is 0. The van der Waals surface area contributed by atoms with E-state index in [9.17, 15) is 13.5 Å². The highest BCUT2D eigenvalue weighted by Gasteiger charge is 2.24. The minimum Gasteiger partial charge on any atom is -0.497 e. The standard InChI is InChI=1S/C18H22ClNO4S/c1-18(21,11-14-7-9-16(24-2)10-8-14)13-20-25(22,23)12-15-5-3-4-6-17(15)19/h3-10,20-21H,11-13H2,1-2H3/t18-/m1/s1. The van der Waals surface area contributed by atoms with Crippen LogP contribution in [0.15, 0.2) is 48.5 Å². The van der Waals surface area contributed by atoms with Gasteiger partial charge in [-0.1, -0.05) is 41.9 Å². The molecule has 0 bridgehead atoms. The van der Waals surface area contributed by atoms with Gasteiger partial charge in [-0.2, -0.15) is 0 Å². The van der Waals surface area contributed by atoms with Crippen LogP contribution in [-0.2, 0) is 22.2 Å². The summed E-state index contributed by atoms with van der Waals surface area (Å²) in [5.41, 5.74) is 0.185. The Kier molecular flexibility index (Phi) is 6.46. The predicted molar refractivity (Wildman–Crippen MR) is 99.4 cm³/mol. The van der Waals surface area contributed by atoms with Crippen LogP contribution in [0.1, 0.15) is 18.1 Å². The van der Waals surface area contributed by atoms with Gasteiger partial charge in [0.2, 0.25) is 10.0 Å². The van der Waals surface area contributed by atoms with Crippen LogP contribution in [0.5, 0.6) is 5.75 Å². The smallest absolute Gasteiger partial charge is 0.215 e. The summed E-state index contributed by atoms with van der Waals surface area (Å²) in [6.45, 7) is 1.50. The van der Waals surface area contributed by atoms with Crippen molar-refractivity contribution in [3.05, 3.63) is 64.7 Å². The lowest BCUT2D eigenvalue weighted by Gasteiger charge is -2.24. The molecule has 0 aliphatic carbocycles. The van der Waals surface area contributed by atoms with E-state index in [1.165, 1.54) is 0 Å². The number of hydrogen-bond acceptors (Lipinski definition) is 4. The molecule has 2 rings (SSSR count). The molecule has 0 aromatic heterocycles. The topological polar surface area (TPSA) is 75.6 Å². The summed E-state index contributed by atoms with van der Waals surface area (Å²) in [6.07, 6.45) is 0.311. The first kappa shape index (κ1) is 19.7. The van der Waals surface area contributed by atoms with Gasteiger partial charge in [0.05, 0.1) is 18.5 Å². The van der Waals surface area contributed by atoms with E-state index in [0.717, 1.165) is 11.3 Å². The number of hydrogen-bond donors (Lipinski definition) is 2. The second-order valence-electron chi connectivity index (χ2n) is 6.19. The third-order valence-electron chi connectivity index (χ3n) is 3.72. The summed E-state index contributed by atoms with van der Waals surface area (Å²) in [6, 6.07) is 14.1. The third kappa shape index (κ3) is 6.32. The molecule has 136 valence electrons. The minimum atomic E-state index is -3.61. The molecule has 2 N–H and O–H groups in total. The molecule has 0 amide bonds. The van der Waals surface area contributed by atoms with Gasteiger partial charge < -0.3 is 9.84 Å². The van der Waals surface area contributed by atoms with Crippen molar-refractivity contribution < 1.29 is 18.3 Å². The second kappa shape index (κ2) is 8.19. The lowest BCUT2D eigenvalue weighted by Crippen LogP contribution is -2.42. The van der Waals surface area contributed by atoms with E-state index in [4.69, 9.17) is 16.3 Å². The zero-order valence-electron chi connectivity index (χ0n) is 14.2. The molecule has 7 heteroatoms. The van der Waals surface area contributed by atoms with Crippen molar-refractivity contribution in [3.63, 3.8) is 0 Å². The first-order valence-electron chi connectivity index (χ1n) is 7.77. The van der Waals surface area contributed by atoms with Crippen LogP contribution < -0.4 is 9.46 Å². The Labute approximate surface area is 153 Å². The van der Waals surface area contributed by atoms with Crippen LogP contribution in [0.25, 0.3) is 0 Å². The second-order valence-corrected chi connectivity index (χ2v) is 8.41. The molecule has 0 saturated heterocycles. The van der Waals surface area contributed by atoms with Crippen molar-refractivity contribution >= 4 is 21.6 Å². The van der Waals surface area contributed by atoms with Crippen LogP contribution in [0.3, 0.4) is 0 Å². The van der Waals surface area contributed by atoms with Gasteiger partial charge in [0.15, 0.2) is 0 Å². The van der Waals surface area contributed by atoms with Crippen molar-refractivity contribution in [3.8, 4) is 5.75 Å². The number of sulfonamides is 1. The fraction of sp³-hybridized carbons (Fsp3) is 0.333. The normalized spacial score (nSPS) is 14.1. The van der Waals surface area contributed by atoms with E-state index in [2.05, 4.69) is 4.72 Å². The van der Waals surface area contributed by atoms with Crippen LogP contribution in [0.4, 0.5) is 0 Å². The van der Waals surface area contributed by atoms with Gasteiger partial charge in [-0.05, 0) is 36.2 Å². The molecule has 0 spiro atoms. The molecule has 2 aromatic rings. The maximum atomic E-state index is 12.2. The number of ether oxygens (including phenoxy) is 1. The molecule has 25 heavy (non-hydrogen) atoms. The SMILES string of the molecule is COc1ccc(C[C@@](C)(O)CNS(=O)(=O)Cc2ccccc2Cl)cc1. The quantitative estimate of drug-likeness (QED) is 0.735. The number of rotatable bonds is 8. The van der Waals surface area contributed by atoms with Crippen LogP contribution >= 0.6 is 11.6 Å². The van der Waals surface area contributed by atoms with E-state index in [1.54, 1.807) is 50.4 Å². The number of aliphatic hydroxyl groups is 1. The van der Waals surface area contributed by atoms with Gasteiger partial charge in [-0.25, -0.2) is 13.1 Å². The molecule has 0 heterocycles. The van der Waals surface area contributed by atoms with Crippen molar-refractivity contribution in [1.82, 2.24) is 4.72 Å². The molecule has 0 aliphatic heterocycles. The highest BCUT2D eigenvalue weighted by molar-refractivity contribution is 7.88. The average Bonchev–Trinajstić information content (AvgIpc) is 2.56. The van der Waals surface area contributed by atoms with E-state index < -0.39 is 15.6 Å². The van der Waals surface area contributed by atoms with E-state index >= 15 is 0 Å². The van der Waals surface area contributed by atoms with Crippen LogP contribution in [-0.4, -0.2) is 32.8 Å². The first-order chi connectivity index (χ1) is 11.7. The van der Waals surface area contributed by atoms with Gasteiger partial charge >= 0.3 is 0 Å². The highest BCUT2D eigenvalue weighted by Crippen LogP contribution is 2.19. The lowest BCUT2D eigenvalue weighted by molar-refractivity contribution is 0.0657. The predicted octanol–water partition coefficient (Wildman–Crippen LogP) is 2.76. The number of methoxy groups -OCH3 is 1. The Hall–Kier alpha value is -1.60. The molecule has 0 radical (unpaired) electrons. The van der Waals surface area contributed by atoms with Gasteiger partial charge in [-0.15, -0.1) is 0 Å².